The molecule has 0 spiro atoms. The molecule has 25 heavy (non-hydrogen) atoms. The lowest BCUT2D eigenvalue weighted by molar-refractivity contribution is -0.132. The summed E-state index contributed by atoms with van der Waals surface area (Å²) >= 11 is 1.34. The van der Waals surface area contributed by atoms with Crippen LogP contribution in [0.15, 0.2) is 12.4 Å². The number of rotatable bonds is 3. The first-order valence-corrected chi connectivity index (χ1v) is 9.59. The molecule has 0 atom stereocenters. The van der Waals surface area contributed by atoms with E-state index in [2.05, 4.69) is 4.98 Å². The van der Waals surface area contributed by atoms with E-state index in [-0.39, 0.29) is 5.91 Å². The van der Waals surface area contributed by atoms with E-state index < -0.39 is 5.97 Å². The van der Waals surface area contributed by atoms with E-state index in [1.54, 1.807) is 12.4 Å². The predicted molar refractivity (Wildman–Crippen MR) is 93.9 cm³/mol. The molecular formula is C18H21N3O3S. The minimum absolute atomic E-state index is 0.0849. The van der Waals surface area contributed by atoms with Gasteiger partial charge in [0, 0.05) is 23.7 Å². The van der Waals surface area contributed by atoms with Crippen molar-refractivity contribution in [1.29, 1.82) is 0 Å². The monoisotopic (exact) mass is 359 g/mol. The molecule has 2 aromatic rings. The summed E-state index contributed by atoms with van der Waals surface area (Å²) in [5, 5.41) is 9.18. The highest BCUT2D eigenvalue weighted by molar-refractivity contribution is 7.14. The second-order valence-corrected chi connectivity index (χ2v) is 7.89. The normalized spacial score (nSPS) is 16.9. The number of imidazole rings is 1. The topological polar surface area (TPSA) is 75.4 Å². The van der Waals surface area contributed by atoms with E-state index in [9.17, 15) is 14.7 Å². The first-order valence-electron chi connectivity index (χ1n) is 8.77. The van der Waals surface area contributed by atoms with E-state index >= 15 is 0 Å². The van der Waals surface area contributed by atoms with Crippen molar-refractivity contribution in [1.82, 2.24) is 14.5 Å². The Morgan fingerprint density at radius 2 is 2.04 bits per heavy atom. The lowest BCUT2D eigenvalue weighted by atomic mass is 10.0. The van der Waals surface area contributed by atoms with Crippen LogP contribution in [0.3, 0.4) is 0 Å². The molecule has 1 amide bonds. The van der Waals surface area contributed by atoms with Crippen LogP contribution >= 0.6 is 11.3 Å². The van der Waals surface area contributed by atoms with Crippen LogP contribution in [-0.4, -0.2) is 38.0 Å². The largest absolute Gasteiger partial charge is 0.477 e. The van der Waals surface area contributed by atoms with Crippen molar-refractivity contribution < 1.29 is 14.7 Å². The van der Waals surface area contributed by atoms with Gasteiger partial charge in [0.05, 0.1) is 12.0 Å². The van der Waals surface area contributed by atoms with E-state index in [1.165, 1.54) is 23.5 Å². The van der Waals surface area contributed by atoms with Gasteiger partial charge in [-0.1, -0.05) is 0 Å². The Kier molecular flexibility index (Phi) is 4.33. The molecule has 1 aliphatic carbocycles. The van der Waals surface area contributed by atoms with Gasteiger partial charge in [0.2, 0.25) is 5.91 Å². The summed E-state index contributed by atoms with van der Waals surface area (Å²) in [6.07, 6.45) is 7.86. The second-order valence-electron chi connectivity index (χ2n) is 6.76. The van der Waals surface area contributed by atoms with Crippen molar-refractivity contribution in [3.8, 4) is 0 Å². The molecule has 0 radical (unpaired) electrons. The average molecular weight is 359 g/mol. The number of amides is 1. The average Bonchev–Trinajstić information content (AvgIpc) is 3.14. The number of carboxylic acids is 1. The molecule has 4 rings (SSSR count). The highest BCUT2D eigenvalue weighted by atomic mass is 32.1. The number of thiophene rings is 1. The molecule has 1 aliphatic heterocycles. The van der Waals surface area contributed by atoms with Gasteiger partial charge in [-0.15, -0.1) is 11.3 Å². The van der Waals surface area contributed by atoms with Crippen molar-refractivity contribution in [2.45, 2.75) is 51.6 Å². The quantitative estimate of drug-likeness (QED) is 0.914. The summed E-state index contributed by atoms with van der Waals surface area (Å²) in [7, 11) is 0. The molecule has 0 saturated carbocycles. The maximum absolute atomic E-state index is 12.8. The standard InChI is InChI=1S/C18H21N3O3S/c22-17(10-21-11-19-13-4-1-2-5-14(13)21)20-7-3-6-15-12(9-20)8-16(25-15)18(23)24/h8,11H,1-7,9-10H2,(H,23,24). The zero-order chi connectivity index (χ0) is 17.4. The Balaban J connectivity index is 1.50. The first kappa shape index (κ1) is 16.3. The SMILES string of the molecule is O=C(O)c1cc2c(s1)CCCN(C(=O)Cn1cnc3c1CCCC3)C2. The molecule has 0 fully saturated rings. The van der Waals surface area contributed by atoms with Gasteiger partial charge in [0.1, 0.15) is 11.4 Å². The van der Waals surface area contributed by atoms with E-state index in [0.29, 0.717) is 18.0 Å². The van der Waals surface area contributed by atoms with Gasteiger partial charge in [0.25, 0.3) is 0 Å². The maximum Gasteiger partial charge on any atom is 0.345 e. The van der Waals surface area contributed by atoms with Crippen LogP contribution in [-0.2, 0) is 37.1 Å². The summed E-state index contributed by atoms with van der Waals surface area (Å²) < 4.78 is 2.00. The number of nitrogens with zero attached hydrogens (tertiary/aromatic N) is 3. The summed E-state index contributed by atoms with van der Waals surface area (Å²) in [5.41, 5.74) is 3.33. The molecule has 7 heteroatoms. The van der Waals surface area contributed by atoms with Crippen LogP contribution in [0.25, 0.3) is 0 Å². The fourth-order valence-corrected chi connectivity index (χ4v) is 4.81. The van der Waals surface area contributed by atoms with Crippen LogP contribution in [0.4, 0.5) is 0 Å². The van der Waals surface area contributed by atoms with Crippen LogP contribution in [0.2, 0.25) is 0 Å². The Morgan fingerprint density at radius 1 is 1.20 bits per heavy atom. The van der Waals surface area contributed by atoms with Gasteiger partial charge in [0.15, 0.2) is 0 Å². The van der Waals surface area contributed by atoms with Crippen LogP contribution in [0.5, 0.6) is 0 Å². The van der Waals surface area contributed by atoms with Crippen molar-refractivity contribution in [3.05, 3.63) is 39.1 Å². The smallest absolute Gasteiger partial charge is 0.345 e. The molecule has 1 N–H and O–H groups in total. The lowest BCUT2D eigenvalue weighted by Crippen LogP contribution is -2.33. The molecule has 6 nitrogen and oxygen atoms in total. The van der Waals surface area contributed by atoms with Crippen molar-refractivity contribution >= 4 is 23.2 Å². The highest BCUT2D eigenvalue weighted by Crippen LogP contribution is 2.28. The molecule has 0 unspecified atom stereocenters. The van der Waals surface area contributed by atoms with E-state index in [1.807, 2.05) is 9.47 Å². The van der Waals surface area contributed by atoms with Crippen molar-refractivity contribution in [3.63, 3.8) is 0 Å². The fourth-order valence-electron chi connectivity index (χ4n) is 3.76. The third-order valence-corrected chi connectivity index (χ3v) is 6.29. The Labute approximate surface area is 150 Å². The minimum atomic E-state index is -0.888. The third-order valence-electron chi connectivity index (χ3n) is 5.07. The molecule has 3 heterocycles. The summed E-state index contributed by atoms with van der Waals surface area (Å²) in [4.78, 5) is 31.8. The van der Waals surface area contributed by atoms with Gasteiger partial charge < -0.3 is 14.6 Å². The van der Waals surface area contributed by atoms with E-state index in [4.69, 9.17) is 0 Å². The Bertz CT molecular complexity index is 824. The highest BCUT2D eigenvalue weighted by Gasteiger charge is 2.24. The zero-order valence-electron chi connectivity index (χ0n) is 14.0. The van der Waals surface area contributed by atoms with Crippen LogP contribution in [0, 0.1) is 0 Å². The zero-order valence-corrected chi connectivity index (χ0v) is 14.8. The summed E-state index contributed by atoms with van der Waals surface area (Å²) in [5.74, 6) is -0.803. The maximum atomic E-state index is 12.8. The number of aromatic nitrogens is 2. The predicted octanol–water partition coefficient (Wildman–Crippen LogP) is 2.50. The number of carbonyl (C=O) groups excluding carboxylic acids is 1. The molecule has 0 bridgehead atoms. The van der Waals surface area contributed by atoms with Gasteiger partial charge in [-0.2, -0.15) is 0 Å². The molecular weight excluding hydrogens is 338 g/mol. The number of hydrogen-bond donors (Lipinski definition) is 1. The molecule has 2 aromatic heterocycles. The summed E-state index contributed by atoms with van der Waals surface area (Å²) in [6, 6.07) is 1.73. The van der Waals surface area contributed by atoms with Crippen molar-refractivity contribution in [2.75, 3.05) is 6.54 Å². The number of aromatic carboxylic acids is 1. The van der Waals surface area contributed by atoms with Crippen LogP contribution in [0.1, 0.15) is 50.8 Å². The first-order chi connectivity index (χ1) is 12.1. The Morgan fingerprint density at radius 3 is 2.88 bits per heavy atom. The number of carboxylic acid groups (broad SMARTS) is 1. The lowest BCUT2D eigenvalue weighted by Gasteiger charge is -2.22. The number of carbonyl (C=O) groups is 2. The van der Waals surface area contributed by atoms with Gasteiger partial charge >= 0.3 is 5.97 Å². The van der Waals surface area contributed by atoms with Gasteiger partial charge in [-0.25, -0.2) is 9.78 Å². The molecule has 2 aliphatic rings. The summed E-state index contributed by atoms with van der Waals surface area (Å²) in [6.45, 7) is 1.56. The number of aryl methyl sites for hydroxylation is 2. The van der Waals surface area contributed by atoms with E-state index in [0.717, 1.165) is 54.8 Å². The number of fused-ring (bicyclic) bond motifs is 2. The molecule has 0 aromatic carbocycles. The number of hydrogen-bond acceptors (Lipinski definition) is 4. The second kappa shape index (κ2) is 6.63. The third kappa shape index (κ3) is 3.20. The fraction of sp³-hybridized carbons (Fsp3) is 0.500. The molecule has 0 saturated heterocycles. The van der Waals surface area contributed by atoms with Crippen LogP contribution < -0.4 is 0 Å². The minimum Gasteiger partial charge on any atom is -0.477 e. The molecule has 132 valence electrons. The van der Waals surface area contributed by atoms with Gasteiger partial charge in [-0.05, 0) is 50.2 Å². The van der Waals surface area contributed by atoms with Gasteiger partial charge in [-0.3, -0.25) is 4.79 Å². The van der Waals surface area contributed by atoms with Crippen molar-refractivity contribution in [2.24, 2.45) is 0 Å². The Hall–Kier alpha value is -2.15.